The van der Waals surface area contributed by atoms with Crippen LogP contribution in [-0.4, -0.2) is 16.3 Å². The Balaban J connectivity index is 2.06. The molecule has 1 aromatic heterocycles. The zero-order chi connectivity index (χ0) is 13.2. The van der Waals surface area contributed by atoms with Gasteiger partial charge in [-0.15, -0.1) is 0 Å². The average Bonchev–Trinajstić information content (AvgIpc) is 2.74. The van der Waals surface area contributed by atoms with Gasteiger partial charge in [0.25, 0.3) is 0 Å². The van der Waals surface area contributed by atoms with E-state index in [4.69, 9.17) is 0 Å². The standard InChI is InChI=1S/C14H10N2O2S/c17-13-12(19-14(18)16-13)8-15-11-7-3-5-9-4-1-2-6-10(9)11/h1-8,17H,(H,16,18). The Labute approximate surface area is 112 Å². The number of nitrogens with zero attached hydrogens (tertiary/aromatic N) is 1. The number of thiazole rings is 1. The molecule has 4 nitrogen and oxygen atoms in total. The van der Waals surface area contributed by atoms with E-state index in [0.717, 1.165) is 27.8 Å². The first-order valence-electron chi connectivity index (χ1n) is 5.68. The second-order valence-corrected chi connectivity index (χ2v) is 5.00. The number of aromatic nitrogens is 1. The molecule has 3 rings (SSSR count). The summed E-state index contributed by atoms with van der Waals surface area (Å²) in [5, 5.41) is 11.6. The molecule has 0 fully saturated rings. The summed E-state index contributed by atoms with van der Waals surface area (Å²) in [6.45, 7) is 0. The highest BCUT2D eigenvalue weighted by Gasteiger charge is 2.04. The molecule has 2 N–H and O–H groups in total. The molecule has 2 aromatic carbocycles. The Morgan fingerprint density at radius 1 is 1.16 bits per heavy atom. The third-order valence-corrected chi connectivity index (χ3v) is 3.55. The molecule has 0 radical (unpaired) electrons. The van der Waals surface area contributed by atoms with Crippen molar-refractivity contribution in [3.63, 3.8) is 0 Å². The summed E-state index contributed by atoms with van der Waals surface area (Å²) in [6, 6.07) is 13.8. The van der Waals surface area contributed by atoms with Crippen molar-refractivity contribution in [1.82, 2.24) is 4.98 Å². The van der Waals surface area contributed by atoms with Crippen LogP contribution in [-0.2, 0) is 0 Å². The van der Waals surface area contributed by atoms with Crippen LogP contribution in [0.25, 0.3) is 10.8 Å². The number of hydrogen-bond acceptors (Lipinski definition) is 4. The van der Waals surface area contributed by atoms with Crippen LogP contribution in [0.15, 0.2) is 52.3 Å². The fourth-order valence-corrected chi connectivity index (χ4v) is 2.47. The topological polar surface area (TPSA) is 65.5 Å². The number of benzene rings is 2. The Hall–Kier alpha value is -2.40. The third-order valence-electron chi connectivity index (χ3n) is 2.74. The summed E-state index contributed by atoms with van der Waals surface area (Å²) in [4.78, 5) is 17.9. The number of aromatic hydroxyl groups is 1. The SMILES string of the molecule is O=c1[nH]c(O)c(C=Nc2cccc3ccccc23)s1. The quantitative estimate of drug-likeness (QED) is 0.703. The van der Waals surface area contributed by atoms with E-state index in [1.165, 1.54) is 6.21 Å². The van der Waals surface area contributed by atoms with E-state index in [2.05, 4.69) is 9.98 Å². The van der Waals surface area contributed by atoms with Crippen molar-refractivity contribution in [1.29, 1.82) is 0 Å². The fourth-order valence-electron chi connectivity index (χ4n) is 1.87. The van der Waals surface area contributed by atoms with Crippen molar-refractivity contribution in [2.75, 3.05) is 0 Å². The average molecular weight is 270 g/mol. The van der Waals surface area contributed by atoms with Gasteiger partial charge in [0.2, 0.25) is 5.88 Å². The van der Waals surface area contributed by atoms with Gasteiger partial charge in [0.15, 0.2) is 0 Å². The molecule has 0 unspecified atom stereocenters. The van der Waals surface area contributed by atoms with E-state index < -0.39 is 0 Å². The lowest BCUT2D eigenvalue weighted by Crippen LogP contribution is -1.89. The number of aromatic amines is 1. The minimum absolute atomic E-state index is 0.140. The van der Waals surface area contributed by atoms with E-state index in [-0.39, 0.29) is 10.8 Å². The fraction of sp³-hybridized carbons (Fsp3) is 0. The Morgan fingerprint density at radius 3 is 2.74 bits per heavy atom. The number of rotatable bonds is 2. The largest absolute Gasteiger partial charge is 0.493 e. The molecule has 3 aromatic rings. The maximum absolute atomic E-state index is 11.1. The predicted molar refractivity (Wildman–Crippen MR) is 77.8 cm³/mol. The number of aliphatic imine (C=N–C) groups is 1. The minimum atomic E-state index is -0.295. The number of fused-ring (bicyclic) bond motifs is 1. The molecule has 0 spiro atoms. The van der Waals surface area contributed by atoms with Gasteiger partial charge in [0, 0.05) is 5.39 Å². The third kappa shape index (κ3) is 2.28. The lowest BCUT2D eigenvalue weighted by atomic mass is 10.1. The molecular weight excluding hydrogens is 260 g/mol. The van der Waals surface area contributed by atoms with Gasteiger partial charge in [0.1, 0.15) is 4.88 Å². The lowest BCUT2D eigenvalue weighted by Gasteiger charge is -2.00. The monoisotopic (exact) mass is 270 g/mol. The second-order valence-electron chi connectivity index (χ2n) is 3.98. The minimum Gasteiger partial charge on any atom is -0.493 e. The first kappa shape index (κ1) is 11.7. The summed E-state index contributed by atoms with van der Waals surface area (Å²) < 4.78 is 0. The van der Waals surface area contributed by atoms with Crippen LogP contribution in [0.1, 0.15) is 4.88 Å². The highest BCUT2D eigenvalue weighted by Crippen LogP contribution is 2.26. The van der Waals surface area contributed by atoms with Gasteiger partial charge in [-0.1, -0.05) is 47.7 Å². The molecule has 0 aliphatic rings. The van der Waals surface area contributed by atoms with Crippen LogP contribution in [0.2, 0.25) is 0 Å². The molecule has 0 atom stereocenters. The molecule has 0 saturated carbocycles. The van der Waals surface area contributed by atoms with E-state index >= 15 is 0 Å². The van der Waals surface area contributed by atoms with Gasteiger partial charge in [0.05, 0.1) is 11.9 Å². The normalized spacial score (nSPS) is 11.4. The molecule has 19 heavy (non-hydrogen) atoms. The number of H-pyrrole nitrogens is 1. The summed E-state index contributed by atoms with van der Waals surface area (Å²) in [6.07, 6.45) is 1.50. The van der Waals surface area contributed by atoms with Gasteiger partial charge >= 0.3 is 4.87 Å². The summed E-state index contributed by atoms with van der Waals surface area (Å²) in [7, 11) is 0. The van der Waals surface area contributed by atoms with Crippen LogP contribution >= 0.6 is 11.3 Å². The highest BCUT2D eigenvalue weighted by atomic mass is 32.1. The summed E-state index contributed by atoms with van der Waals surface area (Å²) in [5.41, 5.74) is 0.804. The van der Waals surface area contributed by atoms with E-state index in [0.29, 0.717) is 4.88 Å². The van der Waals surface area contributed by atoms with Gasteiger partial charge in [-0.3, -0.25) is 14.8 Å². The molecule has 0 aliphatic heterocycles. The first-order chi connectivity index (χ1) is 9.24. The number of nitrogens with one attached hydrogen (secondary N) is 1. The summed E-state index contributed by atoms with van der Waals surface area (Å²) in [5.74, 6) is -0.140. The molecule has 94 valence electrons. The lowest BCUT2D eigenvalue weighted by molar-refractivity contribution is 0.455. The van der Waals surface area contributed by atoms with E-state index in [1.807, 2.05) is 42.5 Å². The molecule has 0 bridgehead atoms. The Kier molecular flexibility index (Phi) is 2.89. The molecule has 0 saturated heterocycles. The highest BCUT2D eigenvalue weighted by molar-refractivity contribution is 7.11. The van der Waals surface area contributed by atoms with Crippen molar-refractivity contribution < 1.29 is 5.11 Å². The Morgan fingerprint density at radius 2 is 1.95 bits per heavy atom. The van der Waals surface area contributed by atoms with Crippen molar-refractivity contribution in [3.8, 4) is 5.88 Å². The van der Waals surface area contributed by atoms with Gasteiger partial charge in [-0.2, -0.15) is 0 Å². The molecule has 0 amide bonds. The molecular formula is C14H10N2O2S. The predicted octanol–water partition coefficient (Wildman–Crippen LogP) is 3.05. The maximum atomic E-state index is 11.1. The zero-order valence-electron chi connectivity index (χ0n) is 9.83. The van der Waals surface area contributed by atoms with Gasteiger partial charge in [-0.25, -0.2) is 0 Å². The van der Waals surface area contributed by atoms with Crippen molar-refractivity contribution >= 4 is 34.0 Å². The van der Waals surface area contributed by atoms with Crippen molar-refractivity contribution in [2.45, 2.75) is 0 Å². The van der Waals surface area contributed by atoms with Crippen LogP contribution in [0, 0.1) is 0 Å². The van der Waals surface area contributed by atoms with Crippen LogP contribution in [0.3, 0.4) is 0 Å². The van der Waals surface area contributed by atoms with E-state index in [1.54, 1.807) is 0 Å². The summed E-state index contributed by atoms with van der Waals surface area (Å²) >= 11 is 0.929. The first-order valence-corrected chi connectivity index (χ1v) is 6.49. The number of hydrogen-bond donors (Lipinski definition) is 2. The van der Waals surface area contributed by atoms with Gasteiger partial charge in [-0.05, 0) is 11.5 Å². The van der Waals surface area contributed by atoms with Gasteiger partial charge < -0.3 is 5.11 Å². The Bertz CT molecular complexity index is 812. The van der Waals surface area contributed by atoms with Crippen molar-refractivity contribution in [2.24, 2.45) is 4.99 Å². The maximum Gasteiger partial charge on any atom is 0.307 e. The van der Waals surface area contributed by atoms with Crippen LogP contribution < -0.4 is 4.87 Å². The second kappa shape index (κ2) is 4.70. The van der Waals surface area contributed by atoms with Crippen molar-refractivity contribution in [3.05, 3.63) is 57.0 Å². The smallest absolute Gasteiger partial charge is 0.307 e. The molecule has 0 aliphatic carbocycles. The van der Waals surface area contributed by atoms with Crippen LogP contribution in [0.5, 0.6) is 5.88 Å². The van der Waals surface area contributed by atoms with Crippen LogP contribution in [0.4, 0.5) is 5.69 Å². The molecule has 1 heterocycles. The molecule has 5 heteroatoms. The zero-order valence-corrected chi connectivity index (χ0v) is 10.6. The van der Waals surface area contributed by atoms with E-state index in [9.17, 15) is 9.90 Å².